The Morgan fingerprint density at radius 2 is 2.36 bits per heavy atom. The van der Waals surface area contributed by atoms with Crippen LogP contribution < -0.4 is 10.2 Å². The van der Waals surface area contributed by atoms with Gasteiger partial charge in [0.2, 0.25) is 11.8 Å². The van der Waals surface area contributed by atoms with Crippen LogP contribution in [0.25, 0.3) is 0 Å². The number of carbonyl (C=O) groups excluding carboxylic acids is 2. The summed E-state index contributed by atoms with van der Waals surface area (Å²) in [6.07, 6.45) is 1.20. The van der Waals surface area contributed by atoms with Crippen molar-refractivity contribution in [1.82, 2.24) is 15.1 Å². The van der Waals surface area contributed by atoms with Gasteiger partial charge in [0.05, 0.1) is 12.2 Å². The average molecular weight is 318 g/mol. The van der Waals surface area contributed by atoms with E-state index in [4.69, 9.17) is 0 Å². The largest absolute Gasteiger partial charge is 0.354 e. The molecule has 116 valence electrons. The van der Waals surface area contributed by atoms with Crippen LogP contribution in [0, 0.1) is 6.92 Å². The van der Waals surface area contributed by atoms with Gasteiger partial charge in [0, 0.05) is 23.9 Å². The molecule has 0 unspecified atom stereocenters. The Morgan fingerprint density at radius 3 is 3.14 bits per heavy atom. The summed E-state index contributed by atoms with van der Waals surface area (Å²) in [5.41, 5.74) is 0.854. The van der Waals surface area contributed by atoms with Crippen LogP contribution in [0.5, 0.6) is 0 Å². The van der Waals surface area contributed by atoms with Gasteiger partial charge in [-0.05, 0) is 24.8 Å². The smallest absolute Gasteiger partial charge is 0.240 e. The lowest BCUT2D eigenvalue weighted by Crippen LogP contribution is -2.44. The third-order valence-electron chi connectivity index (χ3n) is 3.57. The Kier molecular flexibility index (Phi) is 4.24. The van der Waals surface area contributed by atoms with E-state index in [-0.39, 0.29) is 18.4 Å². The van der Waals surface area contributed by atoms with Crippen molar-refractivity contribution in [2.24, 2.45) is 0 Å². The van der Waals surface area contributed by atoms with Gasteiger partial charge in [-0.25, -0.2) is 4.68 Å². The molecule has 6 nitrogen and oxygen atoms in total. The van der Waals surface area contributed by atoms with Gasteiger partial charge < -0.3 is 5.32 Å². The molecule has 3 rings (SSSR count). The summed E-state index contributed by atoms with van der Waals surface area (Å²) in [7, 11) is 0. The van der Waals surface area contributed by atoms with Crippen LogP contribution in [0.4, 0.5) is 5.82 Å². The molecule has 2 amide bonds. The Hall–Kier alpha value is -2.15. The molecule has 7 heteroatoms. The number of fused-ring (bicyclic) bond motifs is 1. The maximum absolute atomic E-state index is 12.1. The Bertz CT molecular complexity index is 678. The summed E-state index contributed by atoms with van der Waals surface area (Å²) in [6.45, 7) is 3.10. The number of thiophene rings is 1. The SMILES string of the molecule is Cc1cc2n(n1)CCC(=O)N2CC(=O)NCCc1cccs1. The number of hydrogen-bond acceptors (Lipinski definition) is 4. The van der Waals surface area contributed by atoms with Gasteiger partial charge in [-0.15, -0.1) is 11.3 Å². The highest BCUT2D eigenvalue weighted by molar-refractivity contribution is 7.09. The van der Waals surface area contributed by atoms with E-state index >= 15 is 0 Å². The van der Waals surface area contributed by atoms with Crippen molar-refractivity contribution in [2.75, 3.05) is 18.0 Å². The lowest BCUT2D eigenvalue weighted by atomic mass is 10.2. The topological polar surface area (TPSA) is 67.2 Å². The molecule has 2 aromatic heterocycles. The minimum atomic E-state index is -0.141. The van der Waals surface area contributed by atoms with Crippen LogP contribution in [0.15, 0.2) is 23.6 Å². The normalized spacial score (nSPS) is 14.0. The van der Waals surface area contributed by atoms with Crippen LogP contribution in [-0.4, -0.2) is 34.7 Å². The predicted octanol–water partition coefficient (Wildman–Crippen LogP) is 1.35. The number of hydrogen-bond donors (Lipinski definition) is 1. The molecule has 0 aromatic carbocycles. The molecule has 2 aromatic rings. The monoisotopic (exact) mass is 318 g/mol. The minimum absolute atomic E-state index is 0.0270. The van der Waals surface area contributed by atoms with E-state index < -0.39 is 0 Å². The average Bonchev–Trinajstić information content (AvgIpc) is 3.11. The third kappa shape index (κ3) is 3.19. The third-order valence-corrected chi connectivity index (χ3v) is 4.51. The standard InChI is InChI=1S/C15H18N4O2S/c1-11-9-14-18(15(21)5-7-19(14)17-11)10-13(20)16-6-4-12-3-2-8-22-12/h2-3,8-9H,4-7,10H2,1H3,(H,16,20). The fourth-order valence-corrected chi connectivity index (χ4v) is 3.24. The van der Waals surface area contributed by atoms with E-state index in [0.29, 0.717) is 25.3 Å². The first-order valence-electron chi connectivity index (χ1n) is 7.27. The number of anilines is 1. The Morgan fingerprint density at radius 1 is 1.50 bits per heavy atom. The molecule has 0 saturated carbocycles. The summed E-state index contributed by atoms with van der Waals surface area (Å²) in [4.78, 5) is 26.9. The lowest BCUT2D eigenvalue weighted by molar-refractivity contribution is -0.124. The van der Waals surface area contributed by atoms with Crippen LogP contribution in [0.3, 0.4) is 0 Å². The fraction of sp³-hybridized carbons (Fsp3) is 0.400. The second kappa shape index (κ2) is 6.31. The van der Waals surface area contributed by atoms with Crippen molar-refractivity contribution >= 4 is 29.0 Å². The Labute approximate surface area is 132 Å². The first-order valence-corrected chi connectivity index (χ1v) is 8.15. The molecule has 3 heterocycles. The predicted molar refractivity (Wildman–Crippen MR) is 85.0 cm³/mol. The van der Waals surface area contributed by atoms with Crippen molar-refractivity contribution in [3.05, 3.63) is 34.2 Å². The molecule has 0 fully saturated rings. The molecular formula is C15H18N4O2S. The van der Waals surface area contributed by atoms with Crippen molar-refractivity contribution in [3.63, 3.8) is 0 Å². The number of carbonyl (C=O) groups is 2. The van der Waals surface area contributed by atoms with E-state index in [1.807, 2.05) is 30.5 Å². The van der Waals surface area contributed by atoms with Crippen molar-refractivity contribution in [2.45, 2.75) is 26.3 Å². The molecular weight excluding hydrogens is 300 g/mol. The van der Waals surface area contributed by atoms with E-state index in [9.17, 15) is 9.59 Å². The van der Waals surface area contributed by atoms with E-state index in [0.717, 1.165) is 12.1 Å². The molecule has 1 aliphatic rings. The summed E-state index contributed by atoms with van der Waals surface area (Å²) >= 11 is 1.68. The van der Waals surface area contributed by atoms with E-state index in [1.165, 1.54) is 9.78 Å². The minimum Gasteiger partial charge on any atom is -0.354 e. The second-order valence-corrected chi connectivity index (χ2v) is 6.31. The summed E-state index contributed by atoms with van der Waals surface area (Å²) in [5, 5.41) is 9.22. The first kappa shape index (κ1) is 14.8. The molecule has 0 aliphatic carbocycles. The second-order valence-electron chi connectivity index (χ2n) is 5.28. The molecule has 0 saturated heterocycles. The maximum atomic E-state index is 12.1. The molecule has 1 aliphatic heterocycles. The van der Waals surface area contributed by atoms with E-state index in [2.05, 4.69) is 10.4 Å². The zero-order chi connectivity index (χ0) is 15.5. The number of amides is 2. The van der Waals surface area contributed by atoms with Crippen molar-refractivity contribution in [1.29, 1.82) is 0 Å². The van der Waals surface area contributed by atoms with Gasteiger partial charge in [-0.3, -0.25) is 14.5 Å². The van der Waals surface area contributed by atoms with Gasteiger partial charge in [-0.2, -0.15) is 5.10 Å². The zero-order valence-corrected chi connectivity index (χ0v) is 13.2. The zero-order valence-electron chi connectivity index (χ0n) is 12.4. The molecule has 0 atom stereocenters. The molecule has 22 heavy (non-hydrogen) atoms. The number of nitrogens with zero attached hydrogens (tertiary/aromatic N) is 3. The lowest BCUT2D eigenvalue weighted by Gasteiger charge is -2.26. The van der Waals surface area contributed by atoms with Crippen molar-refractivity contribution in [3.8, 4) is 0 Å². The van der Waals surface area contributed by atoms with Crippen LogP contribution in [-0.2, 0) is 22.6 Å². The van der Waals surface area contributed by atoms with Gasteiger partial charge >= 0.3 is 0 Å². The van der Waals surface area contributed by atoms with E-state index in [1.54, 1.807) is 16.0 Å². The number of aryl methyl sites for hydroxylation is 2. The van der Waals surface area contributed by atoms with Gasteiger partial charge in [0.25, 0.3) is 0 Å². The number of rotatable bonds is 5. The molecule has 1 N–H and O–H groups in total. The molecule has 0 spiro atoms. The maximum Gasteiger partial charge on any atom is 0.240 e. The molecule has 0 radical (unpaired) electrons. The van der Waals surface area contributed by atoms with Gasteiger partial charge in [-0.1, -0.05) is 6.07 Å². The summed E-state index contributed by atoms with van der Waals surface area (Å²) in [6, 6.07) is 5.89. The highest BCUT2D eigenvalue weighted by atomic mass is 32.1. The summed E-state index contributed by atoms with van der Waals surface area (Å²) in [5.74, 6) is 0.542. The molecule has 0 bridgehead atoms. The fourth-order valence-electron chi connectivity index (χ4n) is 2.53. The van der Waals surface area contributed by atoms with Crippen LogP contribution in [0.1, 0.15) is 17.0 Å². The first-order chi connectivity index (χ1) is 10.6. The quantitative estimate of drug-likeness (QED) is 0.905. The van der Waals surface area contributed by atoms with Gasteiger partial charge in [0.15, 0.2) is 0 Å². The summed E-state index contributed by atoms with van der Waals surface area (Å²) < 4.78 is 1.79. The van der Waals surface area contributed by atoms with Crippen LogP contribution >= 0.6 is 11.3 Å². The highest BCUT2D eigenvalue weighted by Gasteiger charge is 2.27. The highest BCUT2D eigenvalue weighted by Crippen LogP contribution is 2.22. The Balaban J connectivity index is 1.57. The van der Waals surface area contributed by atoms with Crippen molar-refractivity contribution < 1.29 is 9.59 Å². The van der Waals surface area contributed by atoms with Crippen LogP contribution in [0.2, 0.25) is 0 Å². The van der Waals surface area contributed by atoms with Gasteiger partial charge in [0.1, 0.15) is 12.4 Å². The number of aromatic nitrogens is 2. The number of nitrogens with one attached hydrogen (secondary N) is 1.